The van der Waals surface area contributed by atoms with Gasteiger partial charge in [0.05, 0.1) is 13.2 Å². The van der Waals surface area contributed by atoms with E-state index in [4.69, 9.17) is 4.74 Å². The van der Waals surface area contributed by atoms with Crippen molar-refractivity contribution in [1.82, 2.24) is 10.2 Å². The van der Waals surface area contributed by atoms with E-state index in [2.05, 4.69) is 10.2 Å². The summed E-state index contributed by atoms with van der Waals surface area (Å²) in [6, 6.07) is 0. The van der Waals surface area contributed by atoms with Crippen LogP contribution in [0.4, 0.5) is 4.39 Å². The lowest BCUT2D eigenvalue weighted by Gasteiger charge is -2.26. The minimum absolute atomic E-state index is 0.242. The lowest BCUT2D eigenvalue weighted by atomic mass is 10.4. The number of nitrogens with one attached hydrogen (secondary N) is 1. The Hall–Kier alpha value is -0.190. The van der Waals surface area contributed by atoms with Crippen molar-refractivity contribution in [2.24, 2.45) is 0 Å². The van der Waals surface area contributed by atoms with Crippen LogP contribution >= 0.6 is 0 Å². The molecule has 0 radical (unpaired) electrons. The number of nitrogens with zero attached hydrogens (tertiary/aromatic N) is 1. The molecular weight excluding hydrogens is 159 g/mol. The molecule has 0 bridgehead atoms. The summed E-state index contributed by atoms with van der Waals surface area (Å²) in [5.41, 5.74) is 0. The van der Waals surface area contributed by atoms with E-state index in [9.17, 15) is 4.39 Å². The third-order valence-corrected chi connectivity index (χ3v) is 1.98. The van der Waals surface area contributed by atoms with Crippen LogP contribution in [0.2, 0.25) is 0 Å². The van der Waals surface area contributed by atoms with E-state index >= 15 is 0 Å². The van der Waals surface area contributed by atoms with E-state index in [1.165, 1.54) is 0 Å². The first-order valence-corrected chi connectivity index (χ1v) is 4.50. The van der Waals surface area contributed by atoms with Gasteiger partial charge in [-0.25, -0.2) is 4.39 Å². The van der Waals surface area contributed by atoms with Crippen molar-refractivity contribution in [3.8, 4) is 0 Å². The van der Waals surface area contributed by atoms with Crippen LogP contribution in [0.25, 0.3) is 0 Å². The summed E-state index contributed by atoms with van der Waals surface area (Å²) in [5, 5.41) is 3.27. The Bertz CT molecular complexity index is 107. The molecule has 0 aromatic heterocycles. The summed E-state index contributed by atoms with van der Waals surface area (Å²) in [4.78, 5) is 2.33. The van der Waals surface area contributed by atoms with Crippen molar-refractivity contribution in [3.63, 3.8) is 0 Å². The van der Waals surface area contributed by atoms with Crippen LogP contribution in [0.15, 0.2) is 0 Å². The average molecular weight is 176 g/mol. The fraction of sp³-hybridized carbons (Fsp3) is 1.00. The molecule has 0 aliphatic carbocycles. The number of halogens is 1. The highest BCUT2D eigenvalue weighted by molar-refractivity contribution is 4.66. The molecule has 1 fully saturated rings. The Morgan fingerprint density at radius 2 is 2.00 bits per heavy atom. The molecule has 1 aliphatic heterocycles. The molecular formula is C8H17FN2O. The molecule has 0 unspecified atom stereocenters. The molecule has 3 nitrogen and oxygen atoms in total. The Kier molecular flexibility index (Phi) is 5.23. The second-order valence-electron chi connectivity index (χ2n) is 2.89. The molecule has 0 aromatic carbocycles. The van der Waals surface area contributed by atoms with Crippen molar-refractivity contribution in [2.75, 3.05) is 52.6 Å². The van der Waals surface area contributed by atoms with Gasteiger partial charge in [0.15, 0.2) is 0 Å². The maximum absolute atomic E-state index is 11.6. The minimum Gasteiger partial charge on any atom is -0.377 e. The molecule has 1 heterocycles. The molecule has 72 valence electrons. The lowest BCUT2D eigenvalue weighted by molar-refractivity contribution is 0.0893. The van der Waals surface area contributed by atoms with Crippen LogP contribution in [0.1, 0.15) is 0 Å². The Balaban J connectivity index is 1.91. The van der Waals surface area contributed by atoms with E-state index in [0.29, 0.717) is 6.61 Å². The summed E-state index contributed by atoms with van der Waals surface area (Å²) < 4.78 is 16.7. The molecule has 12 heavy (non-hydrogen) atoms. The molecule has 1 N–H and O–H groups in total. The second-order valence-corrected chi connectivity index (χ2v) is 2.89. The zero-order valence-electron chi connectivity index (χ0n) is 7.39. The predicted molar refractivity (Wildman–Crippen MR) is 46.1 cm³/mol. The number of hydrogen-bond acceptors (Lipinski definition) is 3. The summed E-state index contributed by atoms with van der Waals surface area (Å²) in [6.07, 6.45) is 0. The molecule has 1 aliphatic rings. The van der Waals surface area contributed by atoms with E-state index in [-0.39, 0.29) is 13.3 Å². The molecule has 0 spiro atoms. The van der Waals surface area contributed by atoms with Gasteiger partial charge in [0, 0.05) is 32.7 Å². The Morgan fingerprint density at radius 1 is 1.25 bits per heavy atom. The third-order valence-electron chi connectivity index (χ3n) is 1.98. The van der Waals surface area contributed by atoms with Gasteiger partial charge in [-0.15, -0.1) is 0 Å². The molecule has 1 saturated heterocycles. The van der Waals surface area contributed by atoms with Crippen molar-refractivity contribution in [2.45, 2.75) is 0 Å². The molecule has 4 heteroatoms. The van der Waals surface area contributed by atoms with Crippen molar-refractivity contribution in [3.05, 3.63) is 0 Å². The highest BCUT2D eigenvalue weighted by atomic mass is 19.1. The summed E-state index contributed by atoms with van der Waals surface area (Å²) in [6.45, 7) is 5.74. The maximum atomic E-state index is 11.6. The van der Waals surface area contributed by atoms with Crippen LogP contribution in [0.5, 0.6) is 0 Å². The Labute approximate surface area is 72.9 Å². The van der Waals surface area contributed by atoms with E-state index in [0.717, 1.165) is 32.7 Å². The van der Waals surface area contributed by atoms with Gasteiger partial charge in [-0.2, -0.15) is 0 Å². The first kappa shape index (κ1) is 9.89. The minimum atomic E-state index is -0.373. The zero-order chi connectivity index (χ0) is 8.65. The van der Waals surface area contributed by atoms with Crippen LogP contribution in [0.3, 0.4) is 0 Å². The molecule has 0 amide bonds. The third kappa shape index (κ3) is 3.99. The lowest BCUT2D eigenvalue weighted by Crippen LogP contribution is -2.44. The van der Waals surface area contributed by atoms with Gasteiger partial charge in [0.25, 0.3) is 0 Å². The summed E-state index contributed by atoms with van der Waals surface area (Å²) >= 11 is 0. The quantitative estimate of drug-likeness (QED) is 0.591. The number of alkyl halides is 1. The first-order valence-electron chi connectivity index (χ1n) is 4.50. The van der Waals surface area contributed by atoms with Gasteiger partial charge < -0.3 is 10.1 Å². The summed E-state index contributed by atoms with van der Waals surface area (Å²) in [5.74, 6) is 0. The average Bonchev–Trinajstić information content (AvgIpc) is 2.14. The highest BCUT2D eigenvalue weighted by Gasteiger charge is 2.07. The van der Waals surface area contributed by atoms with Crippen LogP contribution in [0, 0.1) is 0 Å². The number of ether oxygens (including phenoxy) is 1. The zero-order valence-corrected chi connectivity index (χ0v) is 7.39. The van der Waals surface area contributed by atoms with Gasteiger partial charge in [-0.1, -0.05) is 0 Å². The number of hydrogen-bond donors (Lipinski definition) is 1. The van der Waals surface area contributed by atoms with E-state index in [1.807, 2.05) is 0 Å². The fourth-order valence-electron chi connectivity index (χ4n) is 1.29. The molecule has 1 rings (SSSR count). The number of rotatable bonds is 5. The predicted octanol–water partition coefficient (Wildman–Crippen LogP) is -0.122. The van der Waals surface area contributed by atoms with E-state index < -0.39 is 0 Å². The standard InChI is InChI=1S/C8H17FN2O/c9-1-7-12-8-6-11-4-2-10-3-5-11/h10H,1-8H2. The van der Waals surface area contributed by atoms with Crippen LogP contribution in [-0.2, 0) is 4.74 Å². The van der Waals surface area contributed by atoms with Crippen LogP contribution in [-0.4, -0.2) is 57.5 Å². The van der Waals surface area contributed by atoms with Gasteiger partial charge in [0.2, 0.25) is 0 Å². The number of piperazine rings is 1. The SMILES string of the molecule is FCCOCCN1CCNCC1. The first-order chi connectivity index (χ1) is 5.93. The molecule has 0 saturated carbocycles. The topological polar surface area (TPSA) is 24.5 Å². The summed E-state index contributed by atoms with van der Waals surface area (Å²) in [7, 11) is 0. The Morgan fingerprint density at radius 3 is 2.67 bits per heavy atom. The van der Waals surface area contributed by atoms with Gasteiger partial charge in [-0.3, -0.25) is 4.90 Å². The largest absolute Gasteiger partial charge is 0.377 e. The normalized spacial score (nSPS) is 19.8. The fourth-order valence-corrected chi connectivity index (χ4v) is 1.29. The molecule has 0 atom stereocenters. The van der Waals surface area contributed by atoms with Gasteiger partial charge in [0.1, 0.15) is 6.67 Å². The smallest absolute Gasteiger partial charge is 0.113 e. The highest BCUT2D eigenvalue weighted by Crippen LogP contribution is 1.91. The van der Waals surface area contributed by atoms with Crippen molar-refractivity contribution in [1.29, 1.82) is 0 Å². The van der Waals surface area contributed by atoms with Crippen molar-refractivity contribution >= 4 is 0 Å². The van der Waals surface area contributed by atoms with E-state index in [1.54, 1.807) is 0 Å². The maximum Gasteiger partial charge on any atom is 0.113 e. The monoisotopic (exact) mass is 176 g/mol. The van der Waals surface area contributed by atoms with Crippen LogP contribution < -0.4 is 5.32 Å². The van der Waals surface area contributed by atoms with Gasteiger partial charge >= 0.3 is 0 Å². The molecule has 0 aromatic rings. The van der Waals surface area contributed by atoms with Gasteiger partial charge in [-0.05, 0) is 0 Å². The second kappa shape index (κ2) is 6.34. The van der Waals surface area contributed by atoms with Crippen molar-refractivity contribution < 1.29 is 9.13 Å².